The molecule has 0 atom stereocenters. The van der Waals surface area contributed by atoms with Gasteiger partial charge in [0.15, 0.2) is 5.13 Å². The number of carbonyl (C=O) groups is 2. The van der Waals surface area contributed by atoms with Gasteiger partial charge in [0, 0.05) is 6.54 Å². The average molecular weight is 325 g/mol. The minimum absolute atomic E-state index is 0.144. The first-order valence-corrected chi connectivity index (χ1v) is 8.39. The van der Waals surface area contributed by atoms with Gasteiger partial charge >= 0.3 is 6.09 Å². The Bertz CT molecular complexity index is 532. The van der Waals surface area contributed by atoms with Gasteiger partial charge in [0.2, 0.25) is 0 Å². The Morgan fingerprint density at radius 1 is 1.41 bits per heavy atom. The van der Waals surface area contributed by atoms with Gasteiger partial charge in [-0.05, 0) is 33.1 Å². The molecule has 6 nitrogen and oxygen atoms in total. The summed E-state index contributed by atoms with van der Waals surface area (Å²) in [5.74, 6) is 0.625. The maximum atomic E-state index is 12.0. The maximum Gasteiger partial charge on any atom is 0.413 e. The van der Waals surface area contributed by atoms with Crippen LogP contribution in [-0.4, -0.2) is 29.1 Å². The first kappa shape index (κ1) is 16.7. The van der Waals surface area contributed by atoms with Crippen molar-refractivity contribution in [3.8, 4) is 0 Å². The molecule has 1 aliphatic rings. The normalized spacial score (nSPS) is 15.0. The molecule has 1 aliphatic carbocycles. The van der Waals surface area contributed by atoms with Gasteiger partial charge in [0.25, 0.3) is 5.91 Å². The smallest absolute Gasteiger partial charge is 0.413 e. The van der Waals surface area contributed by atoms with Crippen molar-refractivity contribution >= 4 is 28.5 Å². The molecule has 1 aromatic rings. The van der Waals surface area contributed by atoms with E-state index in [1.807, 2.05) is 0 Å². The highest BCUT2D eigenvalue weighted by molar-refractivity contribution is 7.17. The fraction of sp³-hybridized carbons (Fsp3) is 0.667. The van der Waals surface area contributed by atoms with Crippen molar-refractivity contribution in [1.29, 1.82) is 0 Å². The van der Waals surface area contributed by atoms with Crippen molar-refractivity contribution < 1.29 is 14.3 Å². The summed E-state index contributed by atoms with van der Waals surface area (Å²) in [6.07, 6.45) is 5.80. The van der Waals surface area contributed by atoms with Crippen LogP contribution in [0.15, 0.2) is 6.20 Å². The minimum atomic E-state index is -0.571. The number of nitrogens with zero attached hydrogens (tertiary/aromatic N) is 1. The molecule has 0 spiro atoms. The number of hydrogen-bond acceptors (Lipinski definition) is 5. The number of nitrogens with one attached hydrogen (secondary N) is 2. The van der Waals surface area contributed by atoms with Gasteiger partial charge in [0.05, 0.1) is 6.20 Å². The summed E-state index contributed by atoms with van der Waals surface area (Å²) in [5, 5.41) is 5.78. The van der Waals surface area contributed by atoms with Crippen LogP contribution in [0.1, 0.15) is 56.1 Å². The van der Waals surface area contributed by atoms with Crippen LogP contribution in [-0.2, 0) is 4.74 Å². The lowest BCUT2D eigenvalue weighted by atomic mass is 9.83. The molecular formula is C15H23N3O3S. The van der Waals surface area contributed by atoms with E-state index in [2.05, 4.69) is 15.6 Å². The zero-order valence-corrected chi connectivity index (χ0v) is 14.1. The maximum absolute atomic E-state index is 12.0. The van der Waals surface area contributed by atoms with E-state index in [0.29, 0.717) is 16.6 Å². The molecule has 0 bridgehead atoms. The first-order valence-electron chi connectivity index (χ1n) is 7.57. The predicted octanol–water partition coefficient (Wildman–Crippen LogP) is 3.41. The van der Waals surface area contributed by atoms with Gasteiger partial charge in [-0.1, -0.05) is 30.6 Å². The summed E-state index contributed by atoms with van der Waals surface area (Å²) in [7, 11) is 0. The molecule has 0 aromatic carbocycles. The Morgan fingerprint density at radius 3 is 2.73 bits per heavy atom. The summed E-state index contributed by atoms with van der Waals surface area (Å²) in [4.78, 5) is 28.1. The predicted molar refractivity (Wildman–Crippen MR) is 86.3 cm³/mol. The molecule has 2 rings (SSSR count). The van der Waals surface area contributed by atoms with Gasteiger partial charge < -0.3 is 10.1 Å². The lowest BCUT2D eigenvalue weighted by Crippen LogP contribution is -2.27. The van der Waals surface area contributed by atoms with Gasteiger partial charge in [0.1, 0.15) is 10.5 Å². The van der Waals surface area contributed by atoms with Crippen LogP contribution in [0.25, 0.3) is 0 Å². The zero-order valence-electron chi connectivity index (χ0n) is 13.3. The third kappa shape index (κ3) is 5.29. The van der Waals surface area contributed by atoms with Crippen molar-refractivity contribution in [2.24, 2.45) is 5.92 Å². The van der Waals surface area contributed by atoms with Crippen molar-refractivity contribution in [2.45, 2.75) is 52.1 Å². The van der Waals surface area contributed by atoms with E-state index in [1.165, 1.54) is 25.5 Å². The second-order valence-electron chi connectivity index (χ2n) is 6.50. The van der Waals surface area contributed by atoms with E-state index in [1.54, 1.807) is 20.8 Å². The molecule has 0 saturated heterocycles. The highest BCUT2D eigenvalue weighted by atomic mass is 32.1. The van der Waals surface area contributed by atoms with E-state index < -0.39 is 11.7 Å². The molecule has 1 saturated carbocycles. The van der Waals surface area contributed by atoms with E-state index >= 15 is 0 Å². The summed E-state index contributed by atoms with van der Waals surface area (Å²) in [5.41, 5.74) is -0.566. The first-order chi connectivity index (χ1) is 10.3. The van der Waals surface area contributed by atoms with Gasteiger partial charge in [-0.25, -0.2) is 9.78 Å². The summed E-state index contributed by atoms with van der Waals surface area (Å²) < 4.78 is 5.14. The Labute approximate surface area is 134 Å². The van der Waals surface area contributed by atoms with E-state index in [0.717, 1.165) is 23.7 Å². The van der Waals surface area contributed by atoms with Crippen LogP contribution in [0.5, 0.6) is 0 Å². The fourth-order valence-corrected chi connectivity index (χ4v) is 2.80. The van der Waals surface area contributed by atoms with Crippen LogP contribution in [0.4, 0.5) is 9.93 Å². The Morgan fingerprint density at radius 2 is 2.14 bits per heavy atom. The van der Waals surface area contributed by atoms with Crippen LogP contribution in [0.2, 0.25) is 0 Å². The van der Waals surface area contributed by atoms with E-state index in [4.69, 9.17) is 4.74 Å². The van der Waals surface area contributed by atoms with E-state index in [-0.39, 0.29) is 5.91 Å². The Hall–Kier alpha value is -1.63. The topological polar surface area (TPSA) is 80.3 Å². The monoisotopic (exact) mass is 325 g/mol. The molecule has 2 amide bonds. The Kier molecular flexibility index (Phi) is 5.39. The number of rotatable bonds is 5. The molecule has 122 valence electrons. The summed E-state index contributed by atoms with van der Waals surface area (Å²) in [6, 6.07) is 0. The number of amides is 2. The zero-order chi connectivity index (χ0) is 16.2. The quantitative estimate of drug-likeness (QED) is 0.869. The molecule has 7 heteroatoms. The van der Waals surface area contributed by atoms with Crippen molar-refractivity contribution in [3.63, 3.8) is 0 Å². The van der Waals surface area contributed by atoms with Gasteiger partial charge in [-0.15, -0.1) is 0 Å². The highest BCUT2D eigenvalue weighted by Crippen LogP contribution is 2.28. The average Bonchev–Trinajstić information content (AvgIpc) is 2.78. The van der Waals surface area contributed by atoms with Crippen LogP contribution < -0.4 is 10.6 Å². The van der Waals surface area contributed by atoms with Crippen LogP contribution in [0, 0.1) is 5.92 Å². The molecule has 22 heavy (non-hydrogen) atoms. The van der Waals surface area contributed by atoms with Gasteiger partial charge in [-0.2, -0.15) is 0 Å². The summed E-state index contributed by atoms with van der Waals surface area (Å²) in [6.45, 7) is 6.05. The lowest BCUT2D eigenvalue weighted by Gasteiger charge is -2.24. The molecule has 1 heterocycles. The van der Waals surface area contributed by atoms with Crippen LogP contribution >= 0.6 is 11.3 Å². The molecule has 0 radical (unpaired) electrons. The molecule has 0 unspecified atom stereocenters. The van der Waals surface area contributed by atoms with Gasteiger partial charge in [-0.3, -0.25) is 10.1 Å². The number of anilines is 1. The Balaban J connectivity index is 1.77. The van der Waals surface area contributed by atoms with Crippen molar-refractivity contribution in [3.05, 3.63) is 11.1 Å². The molecule has 1 aromatic heterocycles. The lowest BCUT2D eigenvalue weighted by molar-refractivity contribution is 0.0635. The second kappa shape index (κ2) is 7.09. The van der Waals surface area contributed by atoms with Crippen molar-refractivity contribution in [1.82, 2.24) is 10.3 Å². The molecule has 0 aliphatic heterocycles. The third-order valence-electron chi connectivity index (χ3n) is 3.40. The van der Waals surface area contributed by atoms with Crippen LogP contribution in [0.3, 0.4) is 0 Å². The molecule has 1 fully saturated rings. The number of ether oxygens (including phenoxy) is 1. The number of thiazole rings is 1. The highest BCUT2D eigenvalue weighted by Gasteiger charge is 2.19. The number of aromatic nitrogens is 1. The molecule has 2 N–H and O–H groups in total. The fourth-order valence-electron chi connectivity index (χ4n) is 2.09. The molecular weight excluding hydrogens is 302 g/mol. The number of carbonyl (C=O) groups excluding carboxylic acids is 2. The SMILES string of the molecule is CC(C)(C)OC(=O)Nc1ncc(C(=O)NCCC2CCC2)s1. The standard InChI is InChI=1S/C15H23N3O3S/c1-15(2,3)21-14(20)18-13-17-9-11(22-13)12(19)16-8-7-10-5-4-6-10/h9-10H,4-8H2,1-3H3,(H,16,19)(H,17,18,20). The largest absolute Gasteiger partial charge is 0.444 e. The third-order valence-corrected chi connectivity index (χ3v) is 4.31. The minimum Gasteiger partial charge on any atom is -0.444 e. The second-order valence-corrected chi connectivity index (χ2v) is 7.53. The van der Waals surface area contributed by atoms with E-state index in [9.17, 15) is 9.59 Å². The van der Waals surface area contributed by atoms with Crippen molar-refractivity contribution in [2.75, 3.05) is 11.9 Å². The number of hydrogen-bond donors (Lipinski definition) is 2. The summed E-state index contributed by atoms with van der Waals surface area (Å²) >= 11 is 1.14.